The zero-order valence-electron chi connectivity index (χ0n) is 12.7. The molecule has 0 spiro atoms. The summed E-state index contributed by atoms with van der Waals surface area (Å²) in [6, 6.07) is 1.08. The van der Waals surface area contributed by atoms with E-state index in [0.29, 0.717) is 13.1 Å². The average molecular weight is 440 g/mol. The number of piperazine rings is 1. The lowest BCUT2D eigenvalue weighted by Crippen LogP contribution is -2.52. The Hall–Kier alpha value is -1.19. The first kappa shape index (κ1) is 17.2. The number of alkyl halides is 3. The second kappa shape index (κ2) is 5.92. The summed E-state index contributed by atoms with van der Waals surface area (Å²) in [7, 11) is 0. The number of aromatic nitrogens is 2. The molecule has 0 aliphatic carbocycles. The molecule has 2 aromatic rings. The van der Waals surface area contributed by atoms with Crippen molar-refractivity contribution in [2.75, 3.05) is 18.0 Å². The maximum Gasteiger partial charge on any atom is 0.417 e. The van der Waals surface area contributed by atoms with Gasteiger partial charge in [-0.15, -0.1) is 0 Å². The van der Waals surface area contributed by atoms with Crippen molar-refractivity contribution in [3.63, 3.8) is 0 Å². The van der Waals surface area contributed by atoms with Gasteiger partial charge in [0.1, 0.15) is 11.3 Å². The first-order valence-electron chi connectivity index (χ1n) is 7.69. The highest BCUT2D eigenvalue weighted by atomic mass is 79.9. The molecule has 134 valence electrons. The smallest absolute Gasteiger partial charge is 0.347 e. The van der Waals surface area contributed by atoms with Crippen LogP contribution in [-0.2, 0) is 6.18 Å². The Morgan fingerprint density at radius 2 is 1.84 bits per heavy atom. The topological polar surface area (TPSA) is 41.0 Å². The fraction of sp³-hybridized carbons (Fsp3) is 0.467. The van der Waals surface area contributed by atoms with E-state index in [9.17, 15) is 17.6 Å². The number of hydrogen-bond donors (Lipinski definition) is 1. The summed E-state index contributed by atoms with van der Waals surface area (Å²) in [6.45, 7) is 1.40. The minimum atomic E-state index is -4.70. The van der Waals surface area contributed by atoms with E-state index in [2.05, 4.69) is 31.2 Å². The van der Waals surface area contributed by atoms with Crippen LogP contribution in [0.1, 0.15) is 18.4 Å². The van der Waals surface area contributed by atoms with Crippen LogP contribution in [0.5, 0.6) is 0 Å². The quantitative estimate of drug-likeness (QED) is 0.536. The first-order chi connectivity index (χ1) is 11.8. The number of fused-ring (bicyclic) bond motifs is 3. The Morgan fingerprint density at radius 3 is 2.44 bits per heavy atom. The van der Waals surface area contributed by atoms with Crippen LogP contribution in [0.15, 0.2) is 10.5 Å². The third kappa shape index (κ3) is 2.76. The van der Waals surface area contributed by atoms with Gasteiger partial charge in [0.05, 0.1) is 10.0 Å². The summed E-state index contributed by atoms with van der Waals surface area (Å²) >= 11 is 8.64. The average Bonchev–Trinajstić information content (AvgIpc) is 2.78. The Morgan fingerprint density at radius 1 is 1.20 bits per heavy atom. The van der Waals surface area contributed by atoms with Crippen LogP contribution >= 0.6 is 27.5 Å². The second-order valence-corrected chi connectivity index (χ2v) is 7.34. The van der Waals surface area contributed by atoms with E-state index < -0.39 is 22.0 Å². The van der Waals surface area contributed by atoms with Gasteiger partial charge in [-0.2, -0.15) is 18.2 Å². The molecule has 2 fully saturated rings. The van der Waals surface area contributed by atoms with E-state index in [4.69, 9.17) is 11.6 Å². The van der Waals surface area contributed by atoms with Gasteiger partial charge in [0.15, 0.2) is 5.82 Å². The van der Waals surface area contributed by atoms with E-state index in [1.54, 1.807) is 0 Å². The van der Waals surface area contributed by atoms with Crippen molar-refractivity contribution in [2.24, 2.45) is 0 Å². The molecule has 0 amide bonds. The lowest BCUT2D eigenvalue weighted by molar-refractivity contribution is -0.138. The highest BCUT2D eigenvalue weighted by Crippen LogP contribution is 2.42. The Labute approximate surface area is 153 Å². The molecule has 3 heterocycles. The SMILES string of the molecule is Fc1c(Br)c(C(F)(F)F)cc2c(N3C4CCC3CNC4)nc(Cl)nc12. The normalized spacial score (nSPS) is 23.5. The van der Waals surface area contributed by atoms with E-state index in [1.165, 1.54) is 0 Å². The van der Waals surface area contributed by atoms with E-state index >= 15 is 0 Å². The summed E-state index contributed by atoms with van der Waals surface area (Å²) in [6.07, 6.45) is -2.91. The maximum atomic E-state index is 14.6. The van der Waals surface area contributed by atoms with Gasteiger partial charge in [0.2, 0.25) is 5.28 Å². The van der Waals surface area contributed by atoms with Crippen LogP contribution in [0.4, 0.5) is 23.4 Å². The summed E-state index contributed by atoms with van der Waals surface area (Å²) < 4.78 is 53.8. The van der Waals surface area contributed by atoms with Crippen molar-refractivity contribution in [3.05, 3.63) is 27.2 Å². The maximum absolute atomic E-state index is 14.6. The van der Waals surface area contributed by atoms with Crippen molar-refractivity contribution < 1.29 is 17.6 Å². The zero-order valence-corrected chi connectivity index (χ0v) is 15.0. The molecule has 0 radical (unpaired) electrons. The van der Waals surface area contributed by atoms with Crippen LogP contribution in [0, 0.1) is 5.82 Å². The van der Waals surface area contributed by atoms with Gasteiger partial charge < -0.3 is 10.2 Å². The number of benzene rings is 1. The van der Waals surface area contributed by atoms with E-state index in [-0.39, 0.29) is 34.1 Å². The molecule has 2 atom stereocenters. The molecule has 1 N–H and O–H groups in total. The molecule has 2 aliphatic heterocycles. The first-order valence-corrected chi connectivity index (χ1v) is 8.86. The molecule has 2 bridgehead atoms. The third-order valence-corrected chi connectivity index (χ3v) is 5.70. The van der Waals surface area contributed by atoms with Crippen LogP contribution in [-0.4, -0.2) is 35.1 Å². The predicted molar refractivity (Wildman–Crippen MR) is 89.4 cm³/mol. The molecule has 4 rings (SSSR count). The molecule has 0 saturated carbocycles. The number of halogens is 6. The number of nitrogens with one attached hydrogen (secondary N) is 1. The summed E-state index contributed by atoms with van der Waals surface area (Å²) in [5.74, 6) is -0.821. The minimum Gasteiger partial charge on any atom is -0.347 e. The van der Waals surface area contributed by atoms with Gasteiger partial charge in [0.25, 0.3) is 0 Å². The van der Waals surface area contributed by atoms with Crippen molar-refractivity contribution in [3.8, 4) is 0 Å². The van der Waals surface area contributed by atoms with Crippen molar-refractivity contribution in [1.29, 1.82) is 0 Å². The van der Waals surface area contributed by atoms with E-state index in [1.807, 2.05) is 4.90 Å². The van der Waals surface area contributed by atoms with E-state index in [0.717, 1.165) is 18.9 Å². The zero-order chi connectivity index (χ0) is 17.9. The predicted octanol–water partition coefficient (Wildman–Crippen LogP) is 4.14. The fourth-order valence-electron chi connectivity index (χ4n) is 3.69. The van der Waals surface area contributed by atoms with Gasteiger partial charge in [-0.05, 0) is 46.4 Å². The molecule has 25 heavy (non-hydrogen) atoms. The fourth-order valence-corrected chi connectivity index (χ4v) is 4.38. The molecule has 2 unspecified atom stereocenters. The third-order valence-electron chi connectivity index (χ3n) is 4.75. The van der Waals surface area contributed by atoms with Crippen LogP contribution < -0.4 is 10.2 Å². The van der Waals surface area contributed by atoms with Crippen LogP contribution in [0.3, 0.4) is 0 Å². The lowest BCUT2D eigenvalue weighted by Gasteiger charge is -2.37. The van der Waals surface area contributed by atoms with Gasteiger partial charge in [-0.1, -0.05) is 0 Å². The van der Waals surface area contributed by atoms with Crippen molar-refractivity contribution in [2.45, 2.75) is 31.1 Å². The van der Waals surface area contributed by atoms with Crippen LogP contribution in [0.2, 0.25) is 5.28 Å². The number of hydrogen-bond acceptors (Lipinski definition) is 4. The molecule has 10 heteroatoms. The summed E-state index contributed by atoms with van der Waals surface area (Å²) in [5, 5.41) is 3.12. The molecule has 1 aromatic heterocycles. The standard InChI is InChI=1S/C15H12BrClF4N4/c16-10-9(15(19,20)21)3-8-12(11(10)18)23-14(17)24-13(8)25-6-1-2-7(25)5-22-4-6/h3,6-7,22H,1-2,4-5H2. The van der Waals surface area contributed by atoms with Gasteiger partial charge in [0, 0.05) is 30.6 Å². The highest BCUT2D eigenvalue weighted by Gasteiger charge is 2.40. The molecule has 4 nitrogen and oxygen atoms in total. The number of anilines is 1. The highest BCUT2D eigenvalue weighted by molar-refractivity contribution is 9.10. The Bertz CT molecular complexity index is 844. The molecule has 2 aliphatic rings. The summed E-state index contributed by atoms with van der Waals surface area (Å²) in [4.78, 5) is 9.95. The lowest BCUT2D eigenvalue weighted by atomic mass is 10.1. The monoisotopic (exact) mass is 438 g/mol. The molecule has 2 saturated heterocycles. The van der Waals surface area contributed by atoms with Gasteiger partial charge >= 0.3 is 6.18 Å². The Balaban J connectivity index is 2.00. The largest absolute Gasteiger partial charge is 0.417 e. The number of nitrogens with zero attached hydrogens (tertiary/aromatic N) is 3. The van der Waals surface area contributed by atoms with Gasteiger partial charge in [-0.3, -0.25) is 0 Å². The second-order valence-electron chi connectivity index (χ2n) is 6.21. The molecular formula is C15H12BrClF4N4. The molecule has 1 aromatic carbocycles. The minimum absolute atomic E-state index is 0.0243. The van der Waals surface area contributed by atoms with Crippen molar-refractivity contribution >= 4 is 44.3 Å². The Kier molecular flexibility index (Phi) is 4.08. The molecular weight excluding hydrogens is 428 g/mol. The van der Waals surface area contributed by atoms with Gasteiger partial charge in [-0.25, -0.2) is 9.37 Å². The van der Waals surface area contributed by atoms with Crippen LogP contribution in [0.25, 0.3) is 10.9 Å². The summed E-state index contributed by atoms with van der Waals surface area (Å²) in [5.41, 5.74) is -1.31. The number of rotatable bonds is 1. The van der Waals surface area contributed by atoms with Crippen molar-refractivity contribution in [1.82, 2.24) is 15.3 Å².